The topological polar surface area (TPSA) is 90.0 Å². The zero-order chi connectivity index (χ0) is 16.4. The van der Waals surface area contributed by atoms with Crippen LogP contribution in [0, 0.1) is 5.92 Å². The first kappa shape index (κ1) is 20.2. The van der Waals surface area contributed by atoms with Crippen LogP contribution < -0.4 is 10.5 Å². The molecule has 1 saturated carbocycles. The Morgan fingerprint density at radius 2 is 2.00 bits per heavy atom. The van der Waals surface area contributed by atoms with Crippen molar-refractivity contribution >= 4 is 22.4 Å². The van der Waals surface area contributed by atoms with Crippen LogP contribution in [-0.4, -0.2) is 37.0 Å². The number of hydrogen-bond donors (Lipinski definition) is 2. The summed E-state index contributed by atoms with van der Waals surface area (Å²) in [5, 5.41) is 3.44. The molecule has 0 aromatic carbocycles. The van der Waals surface area contributed by atoms with E-state index in [1.807, 2.05) is 0 Å². The minimum atomic E-state index is -4.45. The van der Waals surface area contributed by atoms with Gasteiger partial charge in [0.25, 0.3) is 0 Å². The Labute approximate surface area is 139 Å². The van der Waals surface area contributed by atoms with Crippen molar-refractivity contribution in [2.75, 3.05) is 6.54 Å². The molecule has 1 heterocycles. The molecular formula is C12H20ClF3N4O2S. The molecule has 0 amide bonds. The predicted octanol–water partition coefficient (Wildman–Crippen LogP) is 1.66. The van der Waals surface area contributed by atoms with Crippen molar-refractivity contribution in [3.8, 4) is 0 Å². The van der Waals surface area contributed by atoms with Crippen LogP contribution in [0.5, 0.6) is 0 Å². The minimum Gasteiger partial charge on any atom is -0.329 e. The highest BCUT2D eigenvalue weighted by Crippen LogP contribution is 2.28. The molecule has 0 spiro atoms. The fourth-order valence-corrected chi connectivity index (χ4v) is 3.99. The van der Waals surface area contributed by atoms with Crippen molar-refractivity contribution in [2.45, 2.75) is 49.3 Å². The summed E-state index contributed by atoms with van der Waals surface area (Å²) in [5.41, 5.74) is 5.63. The summed E-state index contributed by atoms with van der Waals surface area (Å²) in [5.74, 6) is 0.171. The number of alkyl halides is 3. The first-order valence-electron chi connectivity index (χ1n) is 7.03. The SMILES string of the molecule is Cl.NCC(NS(=O)(=O)c1cnn(CC(F)(F)F)c1)C1CCCC1. The predicted molar refractivity (Wildman–Crippen MR) is 80.7 cm³/mol. The second kappa shape index (κ2) is 7.82. The van der Waals surface area contributed by atoms with E-state index in [1.54, 1.807) is 0 Å². The maximum absolute atomic E-state index is 12.3. The van der Waals surface area contributed by atoms with Crippen LogP contribution >= 0.6 is 12.4 Å². The number of hydrogen-bond acceptors (Lipinski definition) is 4. The van der Waals surface area contributed by atoms with E-state index in [-0.39, 0.29) is 29.8 Å². The molecule has 2 rings (SSSR count). The monoisotopic (exact) mass is 376 g/mol. The third kappa shape index (κ3) is 5.63. The van der Waals surface area contributed by atoms with E-state index in [2.05, 4.69) is 9.82 Å². The van der Waals surface area contributed by atoms with E-state index in [4.69, 9.17) is 5.73 Å². The molecule has 0 radical (unpaired) electrons. The van der Waals surface area contributed by atoms with E-state index in [1.165, 1.54) is 0 Å². The van der Waals surface area contributed by atoms with Crippen LogP contribution in [-0.2, 0) is 16.6 Å². The molecule has 1 aromatic heterocycles. The van der Waals surface area contributed by atoms with Crippen LogP contribution in [0.2, 0.25) is 0 Å². The standard InChI is InChI=1S/C12H19F3N4O2S.ClH/c13-12(14,15)8-19-7-10(6-17-19)22(20,21)18-11(5-16)9-3-1-2-4-9;/h6-7,9,11,18H,1-5,8,16H2;1H. The number of aromatic nitrogens is 2. The van der Waals surface area contributed by atoms with E-state index < -0.39 is 28.8 Å². The maximum Gasteiger partial charge on any atom is 0.408 e. The van der Waals surface area contributed by atoms with Gasteiger partial charge in [-0.25, -0.2) is 13.1 Å². The zero-order valence-corrected chi connectivity index (χ0v) is 13.9. The Morgan fingerprint density at radius 3 is 2.52 bits per heavy atom. The van der Waals surface area contributed by atoms with Gasteiger partial charge in [-0.2, -0.15) is 18.3 Å². The number of halogens is 4. The van der Waals surface area contributed by atoms with Crippen LogP contribution in [0.1, 0.15) is 25.7 Å². The Hall–Kier alpha value is -0.840. The summed E-state index contributed by atoms with van der Waals surface area (Å²) in [7, 11) is -3.92. The average molecular weight is 377 g/mol. The second-order valence-electron chi connectivity index (χ2n) is 5.50. The molecule has 134 valence electrons. The normalized spacial score (nSPS) is 17.9. The van der Waals surface area contributed by atoms with Gasteiger partial charge in [0.1, 0.15) is 11.4 Å². The fraction of sp³-hybridized carbons (Fsp3) is 0.750. The summed E-state index contributed by atoms with van der Waals surface area (Å²) in [6.45, 7) is -1.17. The number of nitrogens with zero attached hydrogens (tertiary/aromatic N) is 2. The molecule has 1 aliphatic carbocycles. The Balaban J connectivity index is 0.00000264. The van der Waals surface area contributed by atoms with Crippen molar-refractivity contribution < 1.29 is 21.6 Å². The number of nitrogens with two attached hydrogens (primary N) is 1. The van der Waals surface area contributed by atoms with Crippen molar-refractivity contribution in [3.63, 3.8) is 0 Å². The smallest absolute Gasteiger partial charge is 0.329 e. The molecule has 3 N–H and O–H groups in total. The summed E-state index contributed by atoms with van der Waals surface area (Å²) in [6.07, 6.45) is 1.20. The van der Waals surface area contributed by atoms with Gasteiger partial charge in [0, 0.05) is 18.8 Å². The lowest BCUT2D eigenvalue weighted by atomic mass is 9.99. The Kier molecular flexibility index (Phi) is 6.87. The lowest BCUT2D eigenvalue weighted by Crippen LogP contribution is -2.44. The summed E-state index contributed by atoms with van der Waals surface area (Å²) < 4.78 is 64.3. The van der Waals surface area contributed by atoms with Gasteiger partial charge in [-0.1, -0.05) is 12.8 Å². The zero-order valence-electron chi connectivity index (χ0n) is 12.3. The molecular weight excluding hydrogens is 357 g/mol. The van der Waals surface area contributed by atoms with Crippen LogP contribution in [0.25, 0.3) is 0 Å². The highest BCUT2D eigenvalue weighted by Gasteiger charge is 2.31. The lowest BCUT2D eigenvalue weighted by Gasteiger charge is -2.22. The first-order chi connectivity index (χ1) is 10.2. The second-order valence-corrected chi connectivity index (χ2v) is 7.21. The summed E-state index contributed by atoms with van der Waals surface area (Å²) in [6, 6.07) is -0.404. The third-order valence-corrected chi connectivity index (χ3v) is 5.23. The van der Waals surface area contributed by atoms with Crippen molar-refractivity contribution in [3.05, 3.63) is 12.4 Å². The molecule has 1 atom stereocenters. The van der Waals surface area contributed by atoms with Crippen LogP contribution in [0.4, 0.5) is 13.2 Å². The number of nitrogens with one attached hydrogen (secondary N) is 1. The van der Waals surface area contributed by atoms with E-state index in [9.17, 15) is 21.6 Å². The van der Waals surface area contributed by atoms with Crippen LogP contribution in [0.3, 0.4) is 0 Å². The molecule has 1 fully saturated rings. The molecule has 6 nitrogen and oxygen atoms in total. The maximum atomic E-state index is 12.3. The number of sulfonamides is 1. The lowest BCUT2D eigenvalue weighted by molar-refractivity contribution is -0.142. The minimum absolute atomic E-state index is 0. The van der Waals surface area contributed by atoms with Gasteiger partial charge in [0.2, 0.25) is 10.0 Å². The molecule has 0 bridgehead atoms. The van der Waals surface area contributed by atoms with Gasteiger partial charge in [-0.05, 0) is 18.8 Å². The van der Waals surface area contributed by atoms with E-state index in [0.717, 1.165) is 38.1 Å². The summed E-state index contributed by atoms with van der Waals surface area (Å²) in [4.78, 5) is -0.284. The molecule has 1 aliphatic rings. The first-order valence-corrected chi connectivity index (χ1v) is 8.51. The van der Waals surface area contributed by atoms with Gasteiger partial charge in [0.05, 0.1) is 6.20 Å². The van der Waals surface area contributed by atoms with Gasteiger partial charge in [0.15, 0.2) is 0 Å². The highest BCUT2D eigenvalue weighted by atomic mass is 35.5. The van der Waals surface area contributed by atoms with Gasteiger partial charge in [-0.15, -0.1) is 12.4 Å². The van der Waals surface area contributed by atoms with Gasteiger partial charge < -0.3 is 5.73 Å². The molecule has 1 aromatic rings. The van der Waals surface area contributed by atoms with Crippen molar-refractivity contribution in [1.82, 2.24) is 14.5 Å². The van der Waals surface area contributed by atoms with Crippen LogP contribution in [0.15, 0.2) is 17.3 Å². The molecule has 1 unspecified atom stereocenters. The molecule has 23 heavy (non-hydrogen) atoms. The van der Waals surface area contributed by atoms with E-state index >= 15 is 0 Å². The highest BCUT2D eigenvalue weighted by molar-refractivity contribution is 7.89. The molecule has 0 saturated heterocycles. The number of rotatable bonds is 6. The average Bonchev–Trinajstić information content (AvgIpc) is 3.05. The summed E-state index contributed by atoms with van der Waals surface area (Å²) >= 11 is 0. The quantitative estimate of drug-likeness (QED) is 0.790. The van der Waals surface area contributed by atoms with Gasteiger partial charge >= 0.3 is 6.18 Å². The fourth-order valence-electron chi connectivity index (χ4n) is 2.72. The largest absolute Gasteiger partial charge is 0.408 e. The van der Waals surface area contributed by atoms with E-state index in [0.29, 0.717) is 4.68 Å². The Morgan fingerprint density at radius 1 is 1.39 bits per heavy atom. The molecule has 0 aliphatic heterocycles. The van der Waals surface area contributed by atoms with Gasteiger partial charge in [-0.3, -0.25) is 4.68 Å². The third-order valence-electron chi connectivity index (χ3n) is 3.79. The Bertz CT molecular complexity index is 600. The van der Waals surface area contributed by atoms with Crippen molar-refractivity contribution in [2.24, 2.45) is 11.7 Å². The molecule has 11 heteroatoms. The van der Waals surface area contributed by atoms with Crippen molar-refractivity contribution in [1.29, 1.82) is 0 Å².